The van der Waals surface area contributed by atoms with E-state index in [-0.39, 0.29) is 5.54 Å². The third-order valence-corrected chi connectivity index (χ3v) is 6.63. The van der Waals surface area contributed by atoms with Crippen molar-refractivity contribution >= 4 is 17.6 Å². The molecule has 0 saturated carbocycles. The Morgan fingerprint density at radius 2 is 1.58 bits per heavy atom. The molecule has 33 heavy (non-hydrogen) atoms. The summed E-state index contributed by atoms with van der Waals surface area (Å²) >= 11 is 0. The van der Waals surface area contributed by atoms with E-state index in [1.54, 1.807) is 0 Å². The van der Waals surface area contributed by atoms with Crippen molar-refractivity contribution in [3.8, 4) is 11.5 Å². The molecule has 3 heteroatoms. The molecule has 172 valence electrons. The number of rotatable bonds is 5. The molecule has 0 amide bonds. The van der Waals surface area contributed by atoms with Gasteiger partial charge in [0.25, 0.3) is 0 Å². The van der Waals surface area contributed by atoms with Gasteiger partial charge in [0.2, 0.25) is 0 Å². The highest BCUT2D eigenvalue weighted by Crippen LogP contribution is 2.45. The summed E-state index contributed by atoms with van der Waals surface area (Å²) in [6.45, 7) is 15.9. The van der Waals surface area contributed by atoms with Crippen LogP contribution < -0.4 is 9.64 Å². The number of hydrogen-bond donors (Lipinski definition) is 0. The largest absolute Gasteiger partial charge is 0.457 e. The molecule has 1 aliphatic heterocycles. The van der Waals surface area contributed by atoms with Crippen LogP contribution in [0.1, 0.15) is 69.2 Å². The summed E-state index contributed by atoms with van der Waals surface area (Å²) in [6, 6.07) is 21.2. The van der Waals surface area contributed by atoms with Crippen molar-refractivity contribution in [3.63, 3.8) is 0 Å². The normalized spacial score (nSPS) is 17.5. The quantitative estimate of drug-likeness (QED) is 0.372. The van der Waals surface area contributed by atoms with Crippen LogP contribution in [0.3, 0.4) is 0 Å². The highest BCUT2D eigenvalue weighted by molar-refractivity contribution is 5.86. The number of aliphatic imine (C=N–C) groups is 1. The summed E-state index contributed by atoms with van der Waals surface area (Å²) in [5.74, 6) is 2.18. The monoisotopic (exact) mass is 440 g/mol. The molecule has 0 spiro atoms. The Kier molecular flexibility index (Phi) is 6.34. The van der Waals surface area contributed by atoms with Gasteiger partial charge in [0.15, 0.2) is 0 Å². The molecule has 3 aromatic carbocycles. The minimum atomic E-state index is 0.158. The van der Waals surface area contributed by atoms with Crippen molar-refractivity contribution in [3.05, 3.63) is 82.9 Å². The summed E-state index contributed by atoms with van der Waals surface area (Å²) in [4.78, 5) is 7.35. The van der Waals surface area contributed by atoms with Crippen LogP contribution in [0.2, 0.25) is 0 Å². The molecule has 0 fully saturated rings. The lowest BCUT2D eigenvalue weighted by Crippen LogP contribution is -2.51. The molecule has 1 aliphatic rings. The Bertz CT molecular complexity index is 1140. The summed E-state index contributed by atoms with van der Waals surface area (Å²) < 4.78 is 5.93. The number of nitrogens with zero attached hydrogens (tertiary/aromatic N) is 2. The first-order chi connectivity index (χ1) is 15.6. The maximum atomic E-state index is 5.93. The highest BCUT2D eigenvalue weighted by atomic mass is 16.5. The molecule has 3 nitrogen and oxygen atoms in total. The lowest BCUT2D eigenvalue weighted by atomic mass is 9.78. The zero-order valence-electron chi connectivity index (χ0n) is 21.0. The highest BCUT2D eigenvalue weighted by Gasteiger charge is 2.37. The summed E-state index contributed by atoms with van der Waals surface area (Å²) in [6.07, 6.45) is 3.15. The van der Waals surface area contributed by atoms with E-state index in [9.17, 15) is 0 Å². The summed E-state index contributed by atoms with van der Waals surface area (Å²) in [5.41, 5.74) is 7.54. The van der Waals surface area contributed by atoms with E-state index in [4.69, 9.17) is 9.73 Å². The van der Waals surface area contributed by atoms with Crippen molar-refractivity contribution in [1.29, 1.82) is 0 Å². The van der Waals surface area contributed by atoms with Crippen LogP contribution in [-0.4, -0.2) is 17.8 Å². The Morgan fingerprint density at radius 1 is 0.970 bits per heavy atom. The van der Waals surface area contributed by atoms with E-state index in [1.165, 1.54) is 27.9 Å². The minimum Gasteiger partial charge on any atom is -0.457 e. The predicted molar refractivity (Wildman–Crippen MR) is 141 cm³/mol. The van der Waals surface area contributed by atoms with E-state index in [0.29, 0.717) is 12.0 Å². The Hall–Kier alpha value is -3.07. The predicted octanol–water partition coefficient (Wildman–Crippen LogP) is 8.35. The number of benzene rings is 3. The van der Waals surface area contributed by atoms with E-state index in [1.807, 2.05) is 42.6 Å². The Labute approximate surface area is 199 Å². The maximum absolute atomic E-state index is 5.93. The molecule has 0 unspecified atom stereocenters. The van der Waals surface area contributed by atoms with Crippen molar-refractivity contribution in [1.82, 2.24) is 0 Å². The van der Waals surface area contributed by atoms with Crippen LogP contribution in [0.25, 0.3) is 0 Å². The fraction of sp³-hybridized carbons (Fsp3) is 0.367. The van der Waals surface area contributed by atoms with E-state index < -0.39 is 0 Å². The van der Waals surface area contributed by atoms with Gasteiger partial charge < -0.3 is 9.64 Å². The van der Waals surface area contributed by atoms with Crippen molar-refractivity contribution in [2.75, 3.05) is 4.90 Å². The van der Waals surface area contributed by atoms with Gasteiger partial charge in [0, 0.05) is 23.5 Å². The van der Waals surface area contributed by atoms with Crippen LogP contribution in [0, 0.1) is 13.8 Å². The first-order valence-electron chi connectivity index (χ1n) is 12.0. The van der Waals surface area contributed by atoms with Gasteiger partial charge in [-0.1, -0.05) is 24.6 Å². The van der Waals surface area contributed by atoms with Crippen LogP contribution in [-0.2, 0) is 0 Å². The van der Waals surface area contributed by atoms with Crippen molar-refractivity contribution in [2.24, 2.45) is 4.99 Å². The molecular formula is C30H36N2O. The molecule has 0 saturated heterocycles. The molecule has 0 radical (unpaired) electrons. The number of ether oxygens (including phenoxy) is 1. The van der Waals surface area contributed by atoms with Gasteiger partial charge in [-0.05, 0) is 119 Å². The van der Waals surface area contributed by atoms with Crippen LogP contribution in [0.15, 0.2) is 65.7 Å². The average molecular weight is 441 g/mol. The fourth-order valence-electron chi connectivity index (χ4n) is 5.22. The number of anilines is 1. The van der Waals surface area contributed by atoms with E-state index in [2.05, 4.69) is 77.6 Å². The molecule has 0 bridgehead atoms. The first-order valence-corrected chi connectivity index (χ1v) is 12.0. The topological polar surface area (TPSA) is 24.8 Å². The van der Waals surface area contributed by atoms with E-state index in [0.717, 1.165) is 23.6 Å². The van der Waals surface area contributed by atoms with Gasteiger partial charge in [-0.15, -0.1) is 0 Å². The molecule has 1 heterocycles. The smallest absolute Gasteiger partial charge is 0.127 e. The maximum Gasteiger partial charge on any atom is 0.127 e. The molecule has 0 aromatic heterocycles. The minimum absolute atomic E-state index is 0.158. The third kappa shape index (κ3) is 4.98. The average Bonchev–Trinajstić information content (AvgIpc) is 2.74. The standard InChI is InChI=1S/C30H36N2O/c1-20(2)32-29-16-22(4)24(17-28(29)23(5)18-30(32,6)7)19-31-25-10-14-27(15-11-25)33-26-12-8-21(3)9-13-26/h8-17,19-20,23H,18H2,1-7H3/t23-/m0/s1. The number of fused-ring (bicyclic) bond motifs is 1. The molecule has 0 N–H and O–H groups in total. The van der Waals surface area contributed by atoms with Crippen LogP contribution in [0.4, 0.5) is 11.4 Å². The van der Waals surface area contributed by atoms with Crippen molar-refractivity contribution in [2.45, 2.75) is 72.4 Å². The molecule has 1 atom stereocenters. The van der Waals surface area contributed by atoms with Gasteiger partial charge in [-0.2, -0.15) is 0 Å². The van der Waals surface area contributed by atoms with Crippen LogP contribution in [0.5, 0.6) is 11.5 Å². The first kappa shape index (κ1) is 23.1. The second kappa shape index (κ2) is 9.05. The van der Waals surface area contributed by atoms with E-state index >= 15 is 0 Å². The SMILES string of the molecule is Cc1ccc(Oc2ccc(N=Cc3cc4c(cc3C)N(C(C)C)C(C)(C)C[C@@H]4C)cc2)cc1. The lowest BCUT2D eigenvalue weighted by molar-refractivity contribution is 0.356. The summed E-state index contributed by atoms with van der Waals surface area (Å²) in [7, 11) is 0. The zero-order valence-corrected chi connectivity index (χ0v) is 21.0. The third-order valence-electron chi connectivity index (χ3n) is 6.63. The van der Waals surface area contributed by atoms with Gasteiger partial charge in [0.1, 0.15) is 11.5 Å². The lowest BCUT2D eigenvalue weighted by Gasteiger charge is -2.50. The van der Waals surface area contributed by atoms with Gasteiger partial charge in [-0.3, -0.25) is 4.99 Å². The number of hydrogen-bond acceptors (Lipinski definition) is 3. The molecule has 0 aliphatic carbocycles. The Morgan fingerprint density at radius 3 is 2.18 bits per heavy atom. The Balaban J connectivity index is 1.55. The molecule has 4 rings (SSSR count). The van der Waals surface area contributed by atoms with Gasteiger partial charge >= 0.3 is 0 Å². The summed E-state index contributed by atoms with van der Waals surface area (Å²) in [5, 5.41) is 0. The zero-order chi connectivity index (χ0) is 23.8. The van der Waals surface area contributed by atoms with Gasteiger partial charge in [0.05, 0.1) is 5.69 Å². The molecular weight excluding hydrogens is 404 g/mol. The second-order valence-corrected chi connectivity index (χ2v) is 10.3. The fourth-order valence-corrected chi connectivity index (χ4v) is 5.22. The number of aryl methyl sites for hydroxylation is 2. The van der Waals surface area contributed by atoms with Crippen LogP contribution >= 0.6 is 0 Å². The van der Waals surface area contributed by atoms with Crippen molar-refractivity contribution < 1.29 is 4.74 Å². The second-order valence-electron chi connectivity index (χ2n) is 10.3. The van der Waals surface area contributed by atoms with Gasteiger partial charge in [-0.25, -0.2) is 0 Å². The molecule has 3 aromatic rings.